The summed E-state index contributed by atoms with van der Waals surface area (Å²) in [6.07, 6.45) is 3.82. The molecule has 1 aromatic carbocycles. The number of esters is 1. The molecule has 4 heteroatoms. The van der Waals surface area contributed by atoms with E-state index < -0.39 is 5.60 Å². The smallest absolute Gasteiger partial charge is 0.307 e. The van der Waals surface area contributed by atoms with E-state index in [0.29, 0.717) is 6.42 Å². The second-order valence-corrected chi connectivity index (χ2v) is 8.04. The van der Waals surface area contributed by atoms with Gasteiger partial charge in [-0.3, -0.25) is 4.79 Å². The van der Waals surface area contributed by atoms with E-state index in [0.717, 1.165) is 39.1 Å². The first kappa shape index (κ1) is 17.3. The third-order valence-electron chi connectivity index (χ3n) is 5.07. The molecule has 1 aromatic rings. The molecule has 0 atom stereocenters. The van der Waals surface area contributed by atoms with E-state index in [1.807, 2.05) is 20.8 Å². The van der Waals surface area contributed by atoms with E-state index >= 15 is 0 Å². The number of morpholine rings is 1. The zero-order valence-corrected chi connectivity index (χ0v) is 15.1. The summed E-state index contributed by atoms with van der Waals surface area (Å²) < 4.78 is 11.0. The van der Waals surface area contributed by atoms with Gasteiger partial charge in [0.05, 0.1) is 19.6 Å². The van der Waals surface area contributed by atoms with Crippen LogP contribution in [0.15, 0.2) is 24.3 Å². The quantitative estimate of drug-likeness (QED) is 0.789. The first-order valence-electron chi connectivity index (χ1n) is 9.03. The number of carbonyl (C=O) groups is 1. The Kier molecular flexibility index (Phi) is 4.86. The standard InChI is InChI=1S/C20H29NO3/c1-19(2,3)24-18(22)15-20(9-4-10-20)16-5-7-17(8-6-16)21-11-13-23-14-12-21/h5-8H,4,9-15H2,1-3H3. The second-order valence-electron chi connectivity index (χ2n) is 8.04. The molecule has 132 valence electrons. The third-order valence-corrected chi connectivity index (χ3v) is 5.07. The Morgan fingerprint density at radius 3 is 2.29 bits per heavy atom. The molecule has 1 heterocycles. The van der Waals surface area contributed by atoms with Crippen molar-refractivity contribution in [3.05, 3.63) is 29.8 Å². The van der Waals surface area contributed by atoms with Crippen LogP contribution in [0.25, 0.3) is 0 Å². The van der Waals surface area contributed by atoms with Gasteiger partial charge in [-0.15, -0.1) is 0 Å². The van der Waals surface area contributed by atoms with E-state index in [1.165, 1.54) is 17.7 Å². The average molecular weight is 331 g/mol. The van der Waals surface area contributed by atoms with Crippen molar-refractivity contribution >= 4 is 11.7 Å². The van der Waals surface area contributed by atoms with Gasteiger partial charge in [-0.2, -0.15) is 0 Å². The van der Waals surface area contributed by atoms with Crippen LogP contribution in [-0.4, -0.2) is 37.9 Å². The molecule has 3 rings (SSSR count). The summed E-state index contributed by atoms with van der Waals surface area (Å²) in [5.41, 5.74) is 2.08. The molecule has 1 aliphatic carbocycles. The van der Waals surface area contributed by atoms with Crippen LogP contribution in [0.1, 0.15) is 52.0 Å². The Labute approximate surface area is 145 Å². The summed E-state index contributed by atoms with van der Waals surface area (Å²) >= 11 is 0. The van der Waals surface area contributed by atoms with Gasteiger partial charge in [0, 0.05) is 24.2 Å². The Morgan fingerprint density at radius 2 is 1.79 bits per heavy atom. The number of anilines is 1. The lowest BCUT2D eigenvalue weighted by Crippen LogP contribution is -2.39. The molecule has 1 aliphatic heterocycles. The molecule has 24 heavy (non-hydrogen) atoms. The number of nitrogens with zero attached hydrogens (tertiary/aromatic N) is 1. The first-order chi connectivity index (χ1) is 11.4. The van der Waals surface area contributed by atoms with Crippen molar-refractivity contribution in [2.24, 2.45) is 0 Å². The number of hydrogen-bond acceptors (Lipinski definition) is 4. The topological polar surface area (TPSA) is 38.8 Å². The normalized spacial score (nSPS) is 20.4. The maximum absolute atomic E-state index is 12.3. The van der Waals surface area contributed by atoms with Crippen molar-refractivity contribution in [1.82, 2.24) is 0 Å². The molecule has 0 unspecified atom stereocenters. The summed E-state index contributed by atoms with van der Waals surface area (Å²) in [6, 6.07) is 8.79. The molecule has 0 N–H and O–H groups in total. The second kappa shape index (κ2) is 6.75. The van der Waals surface area contributed by atoms with Crippen molar-refractivity contribution in [3.63, 3.8) is 0 Å². The van der Waals surface area contributed by atoms with Gasteiger partial charge in [-0.25, -0.2) is 0 Å². The van der Waals surface area contributed by atoms with Gasteiger partial charge in [0.1, 0.15) is 5.60 Å². The van der Waals surface area contributed by atoms with Crippen LogP contribution in [0.5, 0.6) is 0 Å². The Morgan fingerprint density at radius 1 is 1.17 bits per heavy atom. The van der Waals surface area contributed by atoms with E-state index in [-0.39, 0.29) is 11.4 Å². The summed E-state index contributed by atoms with van der Waals surface area (Å²) in [4.78, 5) is 14.7. The Hall–Kier alpha value is -1.55. The highest BCUT2D eigenvalue weighted by Crippen LogP contribution is 2.47. The molecule has 2 aliphatic rings. The lowest BCUT2D eigenvalue weighted by atomic mass is 9.62. The van der Waals surface area contributed by atoms with Gasteiger partial charge >= 0.3 is 5.97 Å². The number of carbonyl (C=O) groups excluding carboxylic acids is 1. The van der Waals surface area contributed by atoms with E-state index in [4.69, 9.17) is 9.47 Å². The van der Waals surface area contributed by atoms with E-state index in [2.05, 4.69) is 29.2 Å². The summed E-state index contributed by atoms with van der Waals surface area (Å²) in [6.45, 7) is 9.26. The fourth-order valence-electron chi connectivity index (χ4n) is 3.67. The van der Waals surface area contributed by atoms with Gasteiger partial charge in [0.2, 0.25) is 0 Å². The molecule has 2 fully saturated rings. The maximum atomic E-state index is 12.3. The molecule has 0 radical (unpaired) electrons. The minimum absolute atomic E-state index is 0.0220. The van der Waals surface area contributed by atoms with Gasteiger partial charge in [-0.1, -0.05) is 18.6 Å². The summed E-state index contributed by atoms with van der Waals surface area (Å²) in [7, 11) is 0. The fraction of sp³-hybridized carbons (Fsp3) is 0.650. The highest BCUT2D eigenvalue weighted by molar-refractivity contribution is 5.72. The van der Waals surface area contributed by atoms with Crippen molar-refractivity contribution in [2.45, 2.75) is 57.5 Å². The number of benzene rings is 1. The third kappa shape index (κ3) is 3.92. The molecular weight excluding hydrogens is 302 g/mol. The molecule has 0 spiro atoms. The first-order valence-corrected chi connectivity index (χ1v) is 9.03. The predicted octanol–water partition coefficient (Wildman–Crippen LogP) is 3.68. The van der Waals surface area contributed by atoms with Crippen LogP contribution in [-0.2, 0) is 19.7 Å². The monoisotopic (exact) mass is 331 g/mol. The van der Waals surface area contributed by atoms with Crippen LogP contribution in [0, 0.1) is 0 Å². The molecule has 1 saturated heterocycles. The molecule has 0 amide bonds. The average Bonchev–Trinajstić information content (AvgIpc) is 2.50. The highest BCUT2D eigenvalue weighted by Gasteiger charge is 2.41. The van der Waals surface area contributed by atoms with Crippen LogP contribution < -0.4 is 4.90 Å². The number of ether oxygens (including phenoxy) is 2. The number of hydrogen-bond donors (Lipinski definition) is 0. The van der Waals surface area contributed by atoms with Crippen LogP contribution in [0.3, 0.4) is 0 Å². The molecule has 0 aromatic heterocycles. The zero-order chi connectivity index (χ0) is 17.2. The molecule has 0 bridgehead atoms. The van der Waals surface area contributed by atoms with Gasteiger partial charge in [0.25, 0.3) is 0 Å². The molecule has 1 saturated carbocycles. The molecule has 4 nitrogen and oxygen atoms in total. The van der Waals surface area contributed by atoms with E-state index in [9.17, 15) is 4.79 Å². The summed E-state index contributed by atoms with van der Waals surface area (Å²) in [5, 5.41) is 0. The maximum Gasteiger partial charge on any atom is 0.307 e. The van der Waals surface area contributed by atoms with Crippen molar-refractivity contribution < 1.29 is 14.3 Å². The lowest BCUT2D eigenvalue weighted by Gasteiger charge is -2.42. The van der Waals surface area contributed by atoms with E-state index in [1.54, 1.807) is 0 Å². The van der Waals surface area contributed by atoms with Crippen LogP contribution in [0.4, 0.5) is 5.69 Å². The Bertz CT molecular complexity index is 564. The Balaban J connectivity index is 1.70. The van der Waals surface area contributed by atoms with Crippen molar-refractivity contribution in [2.75, 3.05) is 31.2 Å². The van der Waals surface area contributed by atoms with Crippen molar-refractivity contribution in [1.29, 1.82) is 0 Å². The summed E-state index contributed by atoms with van der Waals surface area (Å²) in [5.74, 6) is -0.0838. The van der Waals surface area contributed by atoms with Crippen LogP contribution >= 0.6 is 0 Å². The SMILES string of the molecule is CC(C)(C)OC(=O)CC1(c2ccc(N3CCOCC3)cc2)CCC1. The predicted molar refractivity (Wildman–Crippen MR) is 95.5 cm³/mol. The van der Waals surface area contributed by atoms with Crippen LogP contribution in [0.2, 0.25) is 0 Å². The number of rotatable bonds is 4. The minimum atomic E-state index is -0.414. The van der Waals surface area contributed by atoms with Gasteiger partial charge < -0.3 is 14.4 Å². The lowest BCUT2D eigenvalue weighted by molar-refractivity contribution is -0.157. The largest absolute Gasteiger partial charge is 0.460 e. The highest BCUT2D eigenvalue weighted by atomic mass is 16.6. The van der Waals surface area contributed by atoms with Gasteiger partial charge in [-0.05, 0) is 51.3 Å². The fourth-order valence-corrected chi connectivity index (χ4v) is 3.67. The minimum Gasteiger partial charge on any atom is -0.460 e. The molecular formula is C20H29NO3. The van der Waals surface area contributed by atoms with Gasteiger partial charge in [0.15, 0.2) is 0 Å². The zero-order valence-electron chi connectivity index (χ0n) is 15.1. The van der Waals surface area contributed by atoms with Crippen molar-refractivity contribution in [3.8, 4) is 0 Å².